The van der Waals surface area contributed by atoms with Crippen molar-refractivity contribution in [3.63, 3.8) is 0 Å². The van der Waals surface area contributed by atoms with Gasteiger partial charge in [0.15, 0.2) is 0 Å². The minimum absolute atomic E-state index is 0. The molecule has 0 saturated carbocycles. The number of halogens is 2. The predicted octanol–water partition coefficient (Wildman–Crippen LogP) is 10.0. The van der Waals surface area contributed by atoms with E-state index < -0.39 is 11.9 Å². The summed E-state index contributed by atoms with van der Waals surface area (Å²) in [4.78, 5) is 29.2. The van der Waals surface area contributed by atoms with Gasteiger partial charge in [-0.1, -0.05) is 101 Å². The molecule has 1 fully saturated rings. The van der Waals surface area contributed by atoms with Gasteiger partial charge in [0.1, 0.15) is 0 Å². The fourth-order valence-corrected chi connectivity index (χ4v) is 8.33. The molecule has 51 heavy (non-hydrogen) atoms. The SMILES string of the molecule is CN(C)CCC=C1c2ccccc2Sc2ccc(Cl)cc21.CN1CCC(=C2c3ccccc3Sc3ccccc32)CC1.Cl.O=C(O)C=CC(=O)O. The first-order valence-electron chi connectivity index (χ1n) is 16.4. The number of likely N-dealkylation sites (tertiary alicyclic amines) is 1. The number of piperidine rings is 1. The molecule has 4 aromatic carbocycles. The van der Waals surface area contributed by atoms with E-state index in [-0.39, 0.29) is 12.4 Å². The molecule has 3 aliphatic rings. The van der Waals surface area contributed by atoms with E-state index in [1.54, 1.807) is 5.57 Å². The molecule has 10 heteroatoms. The first kappa shape index (κ1) is 40.0. The van der Waals surface area contributed by atoms with Gasteiger partial charge in [0.25, 0.3) is 0 Å². The Bertz CT molecular complexity index is 1880. The summed E-state index contributed by atoms with van der Waals surface area (Å²) in [6.07, 6.45) is 6.88. The zero-order valence-electron chi connectivity index (χ0n) is 28.8. The molecule has 266 valence electrons. The number of hydrogen-bond acceptors (Lipinski definition) is 6. The molecule has 3 aliphatic heterocycles. The second-order valence-corrected chi connectivity index (χ2v) is 14.9. The zero-order valence-corrected chi connectivity index (χ0v) is 32.0. The number of carboxylic acid groups (broad SMARTS) is 2. The normalized spacial score (nSPS) is 15.3. The predicted molar refractivity (Wildman–Crippen MR) is 214 cm³/mol. The second-order valence-electron chi connectivity index (χ2n) is 12.3. The Labute approximate surface area is 320 Å². The number of nitrogens with zero attached hydrogens (tertiary/aromatic N) is 2. The lowest BCUT2D eigenvalue weighted by atomic mass is 9.88. The van der Waals surface area contributed by atoms with Crippen LogP contribution in [0.5, 0.6) is 0 Å². The molecule has 0 radical (unpaired) electrons. The van der Waals surface area contributed by atoms with Crippen molar-refractivity contribution in [3.05, 3.63) is 142 Å². The Morgan fingerprint density at radius 3 is 1.73 bits per heavy atom. The lowest BCUT2D eigenvalue weighted by Gasteiger charge is -2.30. The van der Waals surface area contributed by atoms with Gasteiger partial charge in [-0.25, -0.2) is 9.59 Å². The molecule has 0 spiro atoms. The Morgan fingerprint density at radius 2 is 1.22 bits per heavy atom. The molecule has 0 aromatic heterocycles. The molecular weight excluding hydrogens is 720 g/mol. The van der Waals surface area contributed by atoms with Gasteiger partial charge in [0, 0.05) is 56.4 Å². The van der Waals surface area contributed by atoms with Gasteiger partial charge in [-0.2, -0.15) is 0 Å². The van der Waals surface area contributed by atoms with Gasteiger partial charge in [0.2, 0.25) is 0 Å². The molecule has 0 unspecified atom stereocenters. The molecule has 0 atom stereocenters. The number of carbonyl (C=O) groups is 2. The summed E-state index contributed by atoms with van der Waals surface area (Å²) in [6, 6.07) is 32.5. The molecule has 4 aromatic rings. The van der Waals surface area contributed by atoms with E-state index >= 15 is 0 Å². The molecule has 2 N–H and O–H groups in total. The van der Waals surface area contributed by atoms with Crippen LogP contribution >= 0.6 is 47.5 Å². The number of rotatable bonds is 5. The average Bonchev–Trinajstić information content (AvgIpc) is 3.10. The first-order valence-corrected chi connectivity index (χ1v) is 18.4. The van der Waals surface area contributed by atoms with Crippen LogP contribution in [-0.4, -0.2) is 72.7 Å². The van der Waals surface area contributed by atoms with Crippen molar-refractivity contribution in [2.45, 2.75) is 38.8 Å². The zero-order chi connectivity index (χ0) is 35.6. The quantitative estimate of drug-likeness (QED) is 0.168. The van der Waals surface area contributed by atoms with Gasteiger partial charge >= 0.3 is 11.9 Å². The summed E-state index contributed by atoms with van der Waals surface area (Å²) in [7, 11) is 6.43. The van der Waals surface area contributed by atoms with Crippen LogP contribution in [0.15, 0.2) is 134 Å². The third-order valence-electron chi connectivity index (χ3n) is 8.40. The fraction of sp³-hybridized carbons (Fsp3) is 0.220. The monoisotopic (exact) mass is 760 g/mol. The van der Waals surface area contributed by atoms with Crippen molar-refractivity contribution in [3.8, 4) is 0 Å². The number of fused-ring (bicyclic) bond motifs is 4. The van der Waals surface area contributed by atoms with Crippen LogP contribution in [0, 0.1) is 0 Å². The van der Waals surface area contributed by atoms with E-state index in [9.17, 15) is 9.59 Å². The molecule has 0 bridgehead atoms. The van der Waals surface area contributed by atoms with Gasteiger partial charge in [-0.05, 0) is 110 Å². The topological polar surface area (TPSA) is 81.1 Å². The van der Waals surface area contributed by atoms with Crippen molar-refractivity contribution in [1.82, 2.24) is 9.80 Å². The maximum Gasteiger partial charge on any atom is 0.328 e. The Balaban J connectivity index is 0.000000187. The Kier molecular flexibility index (Phi) is 15.1. The molecular formula is C41H42Cl2N2O4S2. The molecule has 6 nitrogen and oxygen atoms in total. The van der Waals surface area contributed by atoms with Gasteiger partial charge in [-0.15, -0.1) is 12.4 Å². The number of benzene rings is 4. The Hall–Kier alpha value is -3.76. The van der Waals surface area contributed by atoms with E-state index in [4.69, 9.17) is 21.8 Å². The molecule has 7 rings (SSSR count). The highest BCUT2D eigenvalue weighted by molar-refractivity contribution is 7.99. The molecule has 3 heterocycles. The van der Waals surface area contributed by atoms with E-state index in [0.717, 1.165) is 18.0 Å². The highest BCUT2D eigenvalue weighted by Gasteiger charge is 2.25. The highest BCUT2D eigenvalue weighted by Crippen LogP contribution is 2.48. The largest absolute Gasteiger partial charge is 0.478 e. The van der Waals surface area contributed by atoms with Gasteiger partial charge in [0.05, 0.1) is 0 Å². The molecule has 0 amide bonds. The average molecular weight is 762 g/mol. The first-order chi connectivity index (χ1) is 24.1. The van der Waals surface area contributed by atoms with Gasteiger partial charge in [-0.3, -0.25) is 0 Å². The number of aliphatic carboxylic acids is 2. The summed E-state index contributed by atoms with van der Waals surface area (Å²) in [5.74, 6) is -2.51. The lowest BCUT2D eigenvalue weighted by molar-refractivity contribution is -0.134. The van der Waals surface area contributed by atoms with E-state index in [2.05, 4.69) is 122 Å². The summed E-state index contributed by atoms with van der Waals surface area (Å²) in [5, 5.41) is 16.4. The summed E-state index contributed by atoms with van der Waals surface area (Å²) < 4.78 is 0. The smallest absolute Gasteiger partial charge is 0.328 e. The Morgan fingerprint density at radius 1 is 0.745 bits per heavy atom. The summed E-state index contributed by atoms with van der Waals surface area (Å²) >= 11 is 9.94. The van der Waals surface area contributed by atoms with Gasteiger partial charge < -0.3 is 20.0 Å². The molecule has 1 saturated heterocycles. The highest BCUT2D eigenvalue weighted by atomic mass is 35.5. The van der Waals surface area contributed by atoms with Crippen LogP contribution in [-0.2, 0) is 9.59 Å². The van der Waals surface area contributed by atoms with Crippen LogP contribution in [0.25, 0.3) is 11.1 Å². The number of hydrogen-bond donors (Lipinski definition) is 2. The fourth-order valence-electron chi connectivity index (χ4n) is 5.98. The van der Waals surface area contributed by atoms with E-state index in [0.29, 0.717) is 12.2 Å². The van der Waals surface area contributed by atoms with Crippen LogP contribution < -0.4 is 0 Å². The van der Waals surface area contributed by atoms with Crippen molar-refractivity contribution >= 4 is 70.6 Å². The van der Waals surface area contributed by atoms with Crippen LogP contribution in [0.2, 0.25) is 5.02 Å². The third-order valence-corrected chi connectivity index (χ3v) is 10.9. The lowest BCUT2D eigenvalue weighted by Crippen LogP contribution is -2.27. The minimum Gasteiger partial charge on any atom is -0.478 e. The van der Waals surface area contributed by atoms with E-state index in [1.165, 1.54) is 78.9 Å². The second kappa shape index (κ2) is 19.2. The van der Waals surface area contributed by atoms with Crippen molar-refractivity contribution < 1.29 is 19.8 Å². The minimum atomic E-state index is -1.26. The van der Waals surface area contributed by atoms with Crippen molar-refractivity contribution in [1.29, 1.82) is 0 Å². The summed E-state index contributed by atoms with van der Waals surface area (Å²) in [5.41, 5.74) is 9.88. The van der Waals surface area contributed by atoms with E-state index in [1.807, 2.05) is 29.6 Å². The maximum absolute atomic E-state index is 9.55. The standard InChI is InChI=1S/C19H19NS.C18H18ClNS.C4H4O4.ClH/c1-20-12-10-14(11-13-20)19-15-6-2-4-8-17(15)21-18-9-5-3-7-16(18)19;1-20(2)11-5-7-14-15-6-3-4-8-17(15)21-18-10-9-13(19)12-16(14)18;5-3(6)1-2-4(7)8;/h2-9H,10-13H2,1H3;3-4,6-10,12H,5,11H2,1-2H3;1-2H,(H,5,6)(H,7,8);1H. The maximum atomic E-state index is 9.55. The molecule has 0 aliphatic carbocycles. The number of carboxylic acids is 2. The van der Waals surface area contributed by atoms with Crippen LogP contribution in [0.1, 0.15) is 41.5 Å². The third kappa shape index (κ3) is 10.9. The summed E-state index contributed by atoms with van der Waals surface area (Å²) in [6.45, 7) is 3.40. The van der Waals surface area contributed by atoms with Crippen LogP contribution in [0.4, 0.5) is 0 Å². The van der Waals surface area contributed by atoms with Crippen LogP contribution in [0.3, 0.4) is 0 Å². The van der Waals surface area contributed by atoms with Crippen molar-refractivity contribution in [2.75, 3.05) is 40.8 Å². The van der Waals surface area contributed by atoms with Crippen molar-refractivity contribution in [2.24, 2.45) is 0 Å².